The van der Waals surface area contributed by atoms with Crippen LogP contribution in [0.5, 0.6) is 0 Å². The quantitative estimate of drug-likeness (QED) is 0.295. The molecule has 0 radical (unpaired) electrons. The maximum absolute atomic E-state index is 11.2. The highest BCUT2D eigenvalue weighted by Gasteiger charge is 1.99. The molecule has 2 N–H and O–H groups in total. The molecule has 1 amide bonds. The van der Waals surface area contributed by atoms with Crippen LogP contribution in [0, 0.1) is 0 Å². The predicted molar refractivity (Wildman–Crippen MR) is 95.4 cm³/mol. The third-order valence-corrected chi connectivity index (χ3v) is 2.97. The Labute approximate surface area is 156 Å². The molecule has 0 aromatic carbocycles. The molecule has 0 aromatic rings. The number of carbonyl (C=O) groups excluding carboxylic acids is 1. The van der Waals surface area contributed by atoms with Crippen molar-refractivity contribution in [1.82, 2.24) is 5.32 Å². The van der Waals surface area contributed by atoms with Gasteiger partial charge in [0.1, 0.15) is 0 Å². The summed E-state index contributed by atoms with van der Waals surface area (Å²) in [6.45, 7) is 7.57. The Balaban J connectivity index is 3.06. The Morgan fingerprint density at radius 1 is 0.731 bits per heavy atom. The number of amides is 1. The third kappa shape index (κ3) is 21.1. The van der Waals surface area contributed by atoms with Crippen molar-refractivity contribution >= 4 is 6.09 Å². The first kappa shape index (κ1) is 25.0. The number of ether oxygens (including phenoxy) is 6. The minimum Gasteiger partial charge on any atom is -0.450 e. The monoisotopic (exact) mass is 381 g/mol. The summed E-state index contributed by atoms with van der Waals surface area (Å²) in [5.74, 6) is 0. The van der Waals surface area contributed by atoms with E-state index in [4.69, 9.17) is 33.5 Å². The van der Waals surface area contributed by atoms with Gasteiger partial charge in [-0.3, -0.25) is 0 Å². The molecule has 0 spiro atoms. The fourth-order valence-electron chi connectivity index (χ4n) is 1.63. The van der Waals surface area contributed by atoms with E-state index < -0.39 is 6.09 Å². The van der Waals surface area contributed by atoms with Crippen LogP contribution in [0.4, 0.5) is 4.79 Å². The molecule has 0 atom stereocenters. The van der Waals surface area contributed by atoms with Crippen molar-refractivity contribution in [3.05, 3.63) is 0 Å². The van der Waals surface area contributed by atoms with Gasteiger partial charge in [-0.2, -0.15) is 0 Å². The average molecular weight is 381 g/mol. The zero-order chi connectivity index (χ0) is 19.1. The normalized spacial score (nSPS) is 10.8. The number of hydrogen-bond acceptors (Lipinski definition) is 8. The largest absolute Gasteiger partial charge is 0.450 e. The SMILES string of the molecule is CCCCOC(=O)NCCOCCOCCOCCOCCOCCO. The van der Waals surface area contributed by atoms with Gasteiger partial charge in [0.05, 0.1) is 79.3 Å². The Morgan fingerprint density at radius 2 is 1.19 bits per heavy atom. The van der Waals surface area contributed by atoms with Crippen molar-refractivity contribution in [3.63, 3.8) is 0 Å². The highest BCUT2D eigenvalue weighted by molar-refractivity contribution is 5.66. The van der Waals surface area contributed by atoms with E-state index in [9.17, 15) is 4.79 Å². The fourth-order valence-corrected chi connectivity index (χ4v) is 1.63. The third-order valence-electron chi connectivity index (χ3n) is 2.97. The summed E-state index contributed by atoms with van der Waals surface area (Å²) in [5.41, 5.74) is 0. The minimum atomic E-state index is -0.405. The van der Waals surface area contributed by atoms with Crippen LogP contribution in [0.1, 0.15) is 19.8 Å². The molecule has 9 heteroatoms. The number of hydrogen-bond donors (Lipinski definition) is 2. The Bertz CT molecular complexity index is 294. The lowest BCUT2D eigenvalue weighted by Crippen LogP contribution is -2.28. The van der Waals surface area contributed by atoms with Gasteiger partial charge in [0.25, 0.3) is 0 Å². The molecule has 9 nitrogen and oxygen atoms in total. The van der Waals surface area contributed by atoms with Crippen LogP contribution in [-0.2, 0) is 28.4 Å². The predicted octanol–water partition coefficient (Wildman–Crippen LogP) is 0.588. The van der Waals surface area contributed by atoms with Crippen LogP contribution in [-0.4, -0.2) is 97.0 Å². The highest BCUT2D eigenvalue weighted by Crippen LogP contribution is 1.88. The van der Waals surface area contributed by atoms with Gasteiger partial charge in [0.15, 0.2) is 0 Å². The van der Waals surface area contributed by atoms with Gasteiger partial charge in [-0.25, -0.2) is 4.79 Å². The number of nitrogens with one attached hydrogen (secondary N) is 1. The van der Waals surface area contributed by atoms with Crippen LogP contribution in [0.3, 0.4) is 0 Å². The van der Waals surface area contributed by atoms with Crippen molar-refractivity contribution in [1.29, 1.82) is 0 Å². The summed E-state index contributed by atoms with van der Waals surface area (Å²) < 4.78 is 31.3. The molecule has 0 heterocycles. The number of aliphatic hydroxyl groups excluding tert-OH is 1. The molecular weight excluding hydrogens is 346 g/mol. The van der Waals surface area contributed by atoms with Crippen molar-refractivity contribution in [2.75, 3.05) is 85.8 Å². The topological polar surface area (TPSA) is 105 Å². The molecule has 26 heavy (non-hydrogen) atoms. The van der Waals surface area contributed by atoms with Gasteiger partial charge in [0, 0.05) is 6.54 Å². The van der Waals surface area contributed by atoms with Crippen LogP contribution in [0.15, 0.2) is 0 Å². The maximum atomic E-state index is 11.2. The molecule has 0 aliphatic heterocycles. The number of carbonyl (C=O) groups is 1. The number of rotatable bonds is 20. The summed E-state index contributed by atoms with van der Waals surface area (Å²) in [4.78, 5) is 11.2. The van der Waals surface area contributed by atoms with Gasteiger partial charge >= 0.3 is 6.09 Å². The molecule has 156 valence electrons. The lowest BCUT2D eigenvalue weighted by molar-refractivity contribution is -0.0130. The summed E-state index contributed by atoms with van der Waals surface area (Å²) in [7, 11) is 0. The van der Waals surface area contributed by atoms with E-state index in [1.54, 1.807) is 0 Å². The molecule has 0 aliphatic carbocycles. The van der Waals surface area contributed by atoms with Crippen molar-refractivity contribution < 1.29 is 38.3 Å². The number of unbranched alkanes of at least 4 members (excludes halogenated alkanes) is 1. The smallest absolute Gasteiger partial charge is 0.407 e. The van der Waals surface area contributed by atoms with Gasteiger partial charge in [0.2, 0.25) is 0 Å². The Hall–Kier alpha value is -0.970. The zero-order valence-corrected chi connectivity index (χ0v) is 15.9. The van der Waals surface area contributed by atoms with Crippen molar-refractivity contribution in [2.24, 2.45) is 0 Å². The minimum absolute atomic E-state index is 0.0266. The maximum Gasteiger partial charge on any atom is 0.407 e. The second kappa shape index (κ2) is 22.1. The number of aliphatic hydroxyl groups is 1. The standard InChI is InChI=1S/C17H35NO8/c1-2-3-6-26-17(20)18-4-7-21-9-11-23-13-15-25-16-14-24-12-10-22-8-5-19/h19H,2-16H2,1H3,(H,18,20). The molecule has 0 fully saturated rings. The van der Waals surface area contributed by atoms with E-state index >= 15 is 0 Å². The number of alkyl carbamates (subject to hydrolysis) is 1. The van der Waals surface area contributed by atoms with Gasteiger partial charge in [-0.05, 0) is 6.42 Å². The van der Waals surface area contributed by atoms with Crippen LogP contribution < -0.4 is 5.32 Å². The molecule has 0 aliphatic rings. The lowest BCUT2D eigenvalue weighted by atomic mass is 10.4. The zero-order valence-electron chi connectivity index (χ0n) is 15.9. The van der Waals surface area contributed by atoms with Crippen LogP contribution in [0.25, 0.3) is 0 Å². The Kier molecular flexibility index (Phi) is 21.2. The molecule has 0 rings (SSSR count). The lowest BCUT2D eigenvalue weighted by Gasteiger charge is -2.08. The average Bonchev–Trinajstić information content (AvgIpc) is 2.64. The highest BCUT2D eigenvalue weighted by atomic mass is 16.6. The van der Waals surface area contributed by atoms with E-state index in [1.807, 2.05) is 6.92 Å². The summed E-state index contributed by atoms with van der Waals surface area (Å²) in [6, 6.07) is 0. The summed E-state index contributed by atoms with van der Waals surface area (Å²) in [5, 5.41) is 11.1. The molecule has 0 aromatic heterocycles. The fraction of sp³-hybridized carbons (Fsp3) is 0.941. The van der Waals surface area contributed by atoms with Gasteiger partial charge in [-0.15, -0.1) is 0 Å². The first-order chi connectivity index (χ1) is 12.8. The molecule has 0 bridgehead atoms. The summed E-state index contributed by atoms with van der Waals surface area (Å²) >= 11 is 0. The van der Waals surface area contributed by atoms with Crippen molar-refractivity contribution in [2.45, 2.75) is 19.8 Å². The second-order valence-electron chi connectivity index (χ2n) is 5.20. The molecular formula is C17H35NO8. The summed E-state index contributed by atoms with van der Waals surface area (Å²) in [6.07, 6.45) is 1.46. The molecule has 0 saturated heterocycles. The Morgan fingerprint density at radius 3 is 1.65 bits per heavy atom. The molecule has 0 saturated carbocycles. The van der Waals surface area contributed by atoms with E-state index in [0.717, 1.165) is 12.8 Å². The van der Waals surface area contributed by atoms with E-state index in [2.05, 4.69) is 5.32 Å². The van der Waals surface area contributed by atoms with Gasteiger partial charge < -0.3 is 38.8 Å². The first-order valence-electron chi connectivity index (χ1n) is 9.21. The van der Waals surface area contributed by atoms with Crippen molar-refractivity contribution in [3.8, 4) is 0 Å². The van der Waals surface area contributed by atoms with Crippen LogP contribution in [0.2, 0.25) is 0 Å². The first-order valence-corrected chi connectivity index (χ1v) is 9.21. The van der Waals surface area contributed by atoms with E-state index in [0.29, 0.717) is 79.2 Å². The molecule has 0 unspecified atom stereocenters. The second-order valence-corrected chi connectivity index (χ2v) is 5.20. The van der Waals surface area contributed by atoms with E-state index in [1.165, 1.54) is 0 Å². The van der Waals surface area contributed by atoms with Gasteiger partial charge in [-0.1, -0.05) is 13.3 Å². The van der Waals surface area contributed by atoms with Crippen LogP contribution >= 0.6 is 0 Å². The van der Waals surface area contributed by atoms with E-state index in [-0.39, 0.29) is 6.61 Å².